The molecule has 0 unspecified atom stereocenters. The van der Waals surface area contributed by atoms with Gasteiger partial charge in [0.2, 0.25) is 10.0 Å². The highest BCUT2D eigenvalue weighted by atomic mass is 32.2. The normalized spacial score (nSPS) is 31.7. The molecule has 1 aromatic carbocycles. The van der Waals surface area contributed by atoms with Crippen molar-refractivity contribution in [3.05, 3.63) is 42.5 Å². The molecular formula is C18H25N2O2S+. The molecule has 1 heterocycles. The van der Waals surface area contributed by atoms with Gasteiger partial charge < -0.3 is 4.90 Å². The summed E-state index contributed by atoms with van der Waals surface area (Å²) in [5, 5.41) is 0. The highest BCUT2D eigenvalue weighted by Crippen LogP contribution is 2.42. The third-order valence-corrected chi connectivity index (χ3v) is 7.69. The molecule has 0 spiro atoms. The van der Waals surface area contributed by atoms with Gasteiger partial charge in [-0.3, -0.25) is 0 Å². The summed E-state index contributed by atoms with van der Waals surface area (Å²) in [5.41, 5.74) is 0. The summed E-state index contributed by atoms with van der Waals surface area (Å²) in [7, 11) is -3.31. The zero-order valence-corrected chi connectivity index (χ0v) is 14.2. The van der Waals surface area contributed by atoms with E-state index in [1.54, 1.807) is 33.5 Å². The Morgan fingerprint density at radius 2 is 1.78 bits per heavy atom. The average molecular weight is 333 g/mol. The summed E-state index contributed by atoms with van der Waals surface area (Å²) in [6.07, 6.45) is 7.50. The minimum absolute atomic E-state index is 0.418. The van der Waals surface area contributed by atoms with Crippen molar-refractivity contribution in [2.45, 2.75) is 17.7 Å². The van der Waals surface area contributed by atoms with E-state index in [0.29, 0.717) is 18.0 Å². The van der Waals surface area contributed by atoms with Gasteiger partial charge in [-0.1, -0.05) is 30.4 Å². The van der Waals surface area contributed by atoms with E-state index in [1.807, 2.05) is 6.07 Å². The van der Waals surface area contributed by atoms with Crippen LogP contribution in [-0.4, -0.2) is 45.4 Å². The van der Waals surface area contributed by atoms with Crippen LogP contribution in [0.3, 0.4) is 0 Å². The number of nitrogens with one attached hydrogen (secondary N) is 1. The van der Waals surface area contributed by atoms with Crippen LogP contribution in [0, 0.1) is 17.8 Å². The molecule has 1 saturated carbocycles. The maximum Gasteiger partial charge on any atom is 0.243 e. The van der Waals surface area contributed by atoms with Gasteiger partial charge in [-0.15, -0.1) is 0 Å². The van der Waals surface area contributed by atoms with Crippen molar-refractivity contribution in [3.8, 4) is 0 Å². The number of allylic oxidation sites excluding steroid dienone is 2. The first kappa shape index (κ1) is 15.4. The van der Waals surface area contributed by atoms with Crippen molar-refractivity contribution in [2.75, 3.05) is 32.7 Å². The molecule has 4 rings (SSSR count). The monoisotopic (exact) mass is 333 g/mol. The van der Waals surface area contributed by atoms with Crippen LogP contribution in [0.4, 0.5) is 0 Å². The molecule has 23 heavy (non-hydrogen) atoms. The Hall–Kier alpha value is -1.17. The van der Waals surface area contributed by atoms with Gasteiger partial charge >= 0.3 is 0 Å². The standard InChI is InChI=1S/C18H24N2O2S/c21-23(22,18-4-2-1-3-5-18)20-10-8-19(9-11-20)14-17-13-15-6-7-16(17)12-15/h1-7,15-17H,8-14H2/p+1/t15-,16-,17+/m1/s1. The molecule has 2 fully saturated rings. The fourth-order valence-electron chi connectivity index (χ4n) is 4.49. The number of quaternary nitrogens is 1. The molecule has 2 bridgehead atoms. The maximum atomic E-state index is 12.7. The predicted octanol–water partition coefficient (Wildman–Crippen LogP) is 0.788. The largest absolute Gasteiger partial charge is 0.332 e. The fraction of sp³-hybridized carbons (Fsp3) is 0.556. The molecule has 0 radical (unpaired) electrons. The quantitative estimate of drug-likeness (QED) is 0.828. The minimum Gasteiger partial charge on any atom is -0.332 e. The third-order valence-electron chi connectivity index (χ3n) is 5.78. The summed E-state index contributed by atoms with van der Waals surface area (Å²) in [6, 6.07) is 8.81. The Kier molecular flexibility index (Phi) is 4.03. The molecule has 4 nitrogen and oxygen atoms in total. The van der Waals surface area contributed by atoms with E-state index >= 15 is 0 Å². The zero-order chi connectivity index (χ0) is 15.9. The van der Waals surface area contributed by atoms with E-state index in [9.17, 15) is 8.42 Å². The highest BCUT2D eigenvalue weighted by Gasteiger charge is 2.39. The van der Waals surface area contributed by atoms with Crippen LogP contribution in [0.2, 0.25) is 0 Å². The van der Waals surface area contributed by atoms with E-state index in [0.717, 1.165) is 30.8 Å². The Labute approximate surface area is 138 Å². The number of nitrogens with zero attached hydrogens (tertiary/aromatic N) is 1. The van der Waals surface area contributed by atoms with E-state index in [4.69, 9.17) is 0 Å². The topological polar surface area (TPSA) is 41.8 Å². The highest BCUT2D eigenvalue weighted by molar-refractivity contribution is 7.89. The zero-order valence-electron chi connectivity index (χ0n) is 13.4. The third kappa shape index (κ3) is 2.97. The van der Waals surface area contributed by atoms with Crippen molar-refractivity contribution >= 4 is 10.0 Å². The van der Waals surface area contributed by atoms with Gasteiger partial charge in [0, 0.05) is 5.92 Å². The summed E-state index contributed by atoms with van der Waals surface area (Å²) in [4.78, 5) is 2.00. The predicted molar refractivity (Wildman–Crippen MR) is 89.6 cm³/mol. The van der Waals surface area contributed by atoms with Crippen molar-refractivity contribution in [1.29, 1.82) is 0 Å². The van der Waals surface area contributed by atoms with Gasteiger partial charge in [0.15, 0.2) is 0 Å². The Morgan fingerprint density at radius 3 is 2.39 bits per heavy atom. The van der Waals surface area contributed by atoms with Crippen LogP contribution in [0.5, 0.6) is 0 Å². The summed E-state index contributed by atoms with van der Waals surface area (Å²) >= 11 is 0. The van der Waals surface area contributed by atoms with Crippen LogP contribution < -0.4 is 4.90 Å². The lowest BCUT2D eigenvalue weighted by Crippen LogP contribution is -3.15. The van der Waals surface area contributed by atoms with E-state index < -0.39 is 10.0 Å². The summed E-state index contributed by atoms with van der Waals surface area (Å²) < 4.78 is 27.0. The number of piperazine rings is 1. The van der Waals surface area contributed by atoms with Crippen molar-refractivity contribution in [2.24, 2.45) is 17.8 Å². The molecule has 3 atom stereocenters. The van der Waals surface area contributed by atoms with Gasteiger partial charge in [-0.05, 0) is 36.8 Å². The minimum atomic E-state index is -3.31. The molecule has 0 amide bonds. The van der Waals surface area contributed by atoms with E-state index in [2.05, 4.69) is 12.2 Å². The second kappa shape index (κ2) is 6.04. The Bertz CT molecular complexity index is 678. The van der Waals surface area contributed by atoms with Gasteiger partial charge in [0.1, 0.15) is 0 Å². The second-order valence-electron chi connectivity index (χ2n) is 7.21. The van der Waals surface area contributed by atoms with Gasteiger partial charge in [0.25, 0.3) is 0 Å². The molecule has 5 heteroatoms. The molecule has 1 aliphatic heterocycles. The van der Waals surface area contributed by atoms with Crippen LogP contribution in [0.15, 0.2) is 47.4 Å². The number of fused-ring (bicyclic) bond motifs is 2. The SMILES string of the molecule is O=S(=O)(c1ccccc1)N1CC[NH+](C[C@@H]2C[C@@H]3C=C[C@@H]2C3)CC1. The average Bonchev–Trinajstić information content (AvgIpc) is 3.19. The lowest BCUT2D eigenvalue weighted by molar-refractivity contribution is -0.907. The van der Waals surface area contributed by atoms with Crippen LogP contribution in [0.25, 0.3) is 0 Å². The molecule has 0 aromatic heterocycles. The van der Waals surface area contributed by atoms with Crippen LogP contribution in [-0.2, 0) is 10.0 Å². The first-order valence-electron chi connectivity index (χ1n) is 8.70. The number of hydrogen-bond acceptors (Lipinski definition) is 2. The number of hydrogen-bond donors (Lipinski definition) is 1. The van der Waals surface area contributed by atoms with Crippen LogP contribution in [0.1, 0.15) is 12.8 Å². The van der Waals surface area contributed by atoms with Gasteiger partial charge in [-0.2, -0.15) is 4.31 Å². The fourth-order valence-corrected chi connectivity index (χ4v) is 5.95. The van der Waals surface area contributed by atoms with E-state index in [-0.39, 0.29) is 0 Å². The van der Waals surface area contributed by atoms with Crippen molar-refractivity contribution < 1.29 is 13.3 Å². The van der Waals surface area contributed by atoms with Crippen molar-refractivity contribution in [3.63, 3.8) is 0 Å². The molecule has 1 aromatic rings. The second-order valence-corrected chi connectivity index (χ2v) is 9.15. The van der Waals surface area contributed by atoms with Gasteiger partial charge in [-0.25, -0.2) is 8.42 Å². The molecule has 1 N–H and O–H groups in total. The Morgan fingerprint density at radius 1 is 1.04 bits per heavy atom. The lowest BCUT2D eigenvalue weighted by Gasteiger charge is -2.33. The molecular weight excluding hydrogens is 308 g/mol. The maximum absolute atomic E-state index is 12.7. The summed E-state index contributed by atoms with van der Waals surface area (Å²) in [5.74, 6) is 2.43. The van der Waals surface area contributed by atoms with Crippen LogP contribution >= 0.6 is 0 Å². The van der Waals surface area contributed by atoms with E-state index in [1.165, 1.54) is 19.4 Å². The molecule has 1 saturated heterocycles. The Balaban J connectivity index is 1.35. The first-order valence-corrected chi connectivity index (χ1v) is 10.1. The molecule has 124 valence electrons. The number of rotatable bonds is 4. The van der Waals surface area contributed by atoms with Crippen molar-refractivity contribution in [1.82, 2.24) is 4.31 Å². The summed E-state index contributed by atoms with van der Waals surface area (Å²) in [6.45, 7) is 4.37. The number of sulfonamides is 1. The molecule has 3 aliphatic rings. The number of benzene rings is 1. The van der Waals surface area contributed by atoms with Gasteiger partial charge in [0.05, 0.1) is 37.6 Å². The first-order chi connectivity index (χ1) is 11.1. The smallest absolute Gasteiger partial charge is 0.243 e. The molecule has 2 aliphatic carbocycles. The lowest BCUT2D eigenvalue weighted by atomic mass is 9.93.